The lowest BCUT2D eigenvalue weighted by Gasteiger charge is -2.02. The van der Waals surface area contributed by atoms with Gasteiger partial charge in [-0.25, -0.2) is 4.79 Å². The Kier molecular flexibility index (Phi) is 4.36. The van der Waals surface area contributed by atoms with Gasteiger partial charge in [-0.3, -0.25) is 14.2 Å². The van der Waals surface area contributed by atoms with Crippen molar-refractivity contribution in [3.63, 3.8) is 0 Å². The third-order valence-electron chi connectivity index (χ3n) is 2.93. The van der Waals surface area contributed by atoms with Crippen LogP contribution in [0.2, 0.25) is 0 Å². The molecule has 0 aliphatic heterocycles. The van der Waals surface area contributed by atoms with Crippen LogP contribution in [0.4, 0.5) is 5.69 Å². The highest BCUT2D eigenvalue weighted by Gasteiger charge is 2.20. The molecule has 2 aromatic rings. The van der Waals surface area contributed by atoms with Crippen molar-refractivity contribution in [2.45, 2.75) is 26.9 Å². The Morgan fingerprint density at radius 2 is 1.95 bits per heavy atom. The topological polar surface area (TPSA) is 91.0 Å². The monoisotopic (exact) mass is 291 g/mol. The largest absolute Gasteiger partial charge is 0.464 e. The quantitative estimate of drug-likeness (QED) is 0.835. The number of methoxy groups -OCH3 is 1. The molecule has 0 aliphatic rings. The highest BCUT2D eigenvalue weighted by Crippen LogP contribution is 2.16. The summed E-state index contributed by atoms with van der Waals surface area (Å²) in [5, 5.41) is 10.8. The lowest BCUT2D eigenvalue weighted by molar-refractivity contribution is 0.0594. The van der Waals surface area contributed by atoms with Gasteiger partial charge in [-0.2, -0.15) is 10.2 Å². The Morgan fingerprint density at radius 3 is 2.52 bits per heavy atom. The number of carbonyl (C=O) groups excluding carboxylic acids is 2. The molecule has 0 atom stereocenters. The number of nitrogens with zero attached hydrogens (tertiary/aromatic N) is 4. The molecule has 0 radical (unpaired) electrons. The van der Waals surface area contributed by atoms with Gasteiger partial charge in [0.2, 0.25) is 0 Å². The summed E-state index contributed by atoms with van der Waals surface area (Å²) in [6.45, 7) is 5.06. The minimum absolute atomic E-state index is 0.0792. The molecule has 2 aromatic heterocycles. The van der Waals surface area contributed by atoms with Gasteiger partial charge in [-0.15, -0.1) is 0 Å². The number of esters is 1. The second kappa shape index (κ2) is 6.21. The first-order chi connectivity index (χ1) is 10.1. The second-order valence-electron chi connectivity index (χ2n) is 4.28. The van der Waals surface area contributed by atoms with Gasteiger partial charge in [0.05, 0.1) is 24.6 Å². The Hall–Kier alpha value is -2.64. The molecule has 1 N–H and O–H groups in total. The SMILES string of the molecule is CCn1cc(C(=O)Nc2cn(CC)nc2C(=O)OC)cn1. The van der Waals surface area contributed by atoms with E-state index in [0.29, 0.717) is 24.3 Å². The van der Waals surface area contributed by atoms with Crippen LogP contribution in [0.5, 0.6) is 0 Å². The van der Waals surface area contributed by atoms with Crippen molar-refractivity contribution in [1.29, 1.82) is 0 Å². The molecule has 1 amide bonds. The summed E-state index contributed by atoms with van der Waals surface area (Å²) >= 11 is 0. The molecule has 112 valence electrons. The molecule has 0 unspecified atom stereocenters. The molecule has 0 bridgehead atoms. The summed E-state index contributed by atoms with van der Waals surface area (Å²) in [4.78, 5) is 23.8. The zero-order valence-electron chi connectivity index (χ0n) is 12.2. The van der Waals surface area contributed by atoms with E-state index in [9.17, 15) is 9.59 Å². The summed E-state index contributed by atoms with van der Waals surface area (Å²) in [5.41, 5.74) is 0.811. The van der Waals surface area contributed by atoms with E-state index in [4.69, 9.17) is 0 Å². The van der Waals surface area contributed by atoms with E-state index in [1.807, 2.05) is 13.8 Å². The van der Waals surface area contributed by atoms with Crippen molar-refractivity contribution < 1.29 is 14.3 Å². The first-order valence-corrected chi connectivity index (χ1v) is 6.58. The highest BCUT2D eigenvalue weighted by atomic mass is 16.5. The number of nitrogens with one attached hydrogen (secondary N) is 1. The van der Waals surface area contributed by atoms with Crippen molar-refractivity contribution in [2.24, 2.45) is 0 Å². The Balaban J connectivity index is 2.23. The first kappa shape index (κ1) is 14.8. The predicted octanol–water partition coefficient (Wildman–Crippen LogP) is 1.16. The molecule has 2 heterocycles. The van der Waals surface area contributed by atoms with Crippen LogP contribution in [0.1, 0.15) is 34.7 Å². The Bertz CT molecular complexity index is 659. The van der Waals surface area contributed by atoms with Crippen LogP contribution < -0.4 is 5.32 Å². The fraction of sp³-hybridized carbons (Fsp3) is 0.385. The van der Waals surface area contributed by atoms with E-state index in [1.165, 1.54) is 13.3 Å². The van der Waals surface area contributed by atoms with E-state index < -0.39 is 5.97 Å². The normalized spacial score (nSPS) is 10.4. The van der Waals surface area contributed by atoms with E-state index in [2.05, 4.69) is 20.3 Å². The maximum atomic E-state index is 12.2. The molecule has 21 heavy (non-hydrogen) atoms. The zero-order chi connectivity index (χ0) is 15.4. The molecule has 0 saturated heterocycles. The van der Waals surface area contributed by atoms with Gasteiger partial charge in [-0.05, 0) is 13.8 Å². The van der Waals surface area contributed by atoms with Gasteiger partial charge in [0.1, 0.15) is 0 Å². The van der Waals surface area contributed by atoms with E-state index in [0.717, 1.165) is 0 Å². The maximum absolute atomic E-state index is 12.2. The van der Waals surface area contributed by atoms with E-state index in [-0.39, 0.29) is 11.6 Å². The summed E-state index contributed by atoms with van der Waals surface area (Å²) in [7, 11) is 1.27. The van der Waals surface area contributed by atoms with Crippen molar-refractivity contribution in [3.05, 3.63) is 29.8 Å². The van der Waals surface area contributed by atoms with Gasteiger partial charge in [0, 0.05) is 25.5 Å². The lowest BCUT2D eigenvalue weighted by Crippen LogP contribution is -2.14. The van der Waals surface area contributed by atoms with Crippen molar-refractivity contribution in [3.8, 4) is 0 Å². The van der Waals surface area contributed by atoms with E-state index in [1.54, 1.807) is 21.8 Å². The molecule has 8 heteroatoms. The predicted molar refractivity (Wildman–Crippen MR) is 75.1 cm³/mol. The summed E-state index contributed by atoms with van der Waals surface area (Å²) in [6, 6.07) is 0. The third kappa shape index (κ3) is 3.10. The summed E-state index contributed by atoms with van der Waals surface area (Å²) < 4.78 is 7.86. The van der Waals surface area contributed by atoms with Crippen LogP contribution in [-0.2, 0) is 17.8 Å². The number of amides is 1. The number of carbonyl (C=O) groups is 2. The van der Waals surface area contributed by atoms with Gasteiger partial charge < -0.3 is 10.1 Å². The van der Waals surface area contributed by atoms with Crippen molar-refractivity contribution in [2.75, 3.05) is 12.4 Å². The maximum Gasteiger partial charge on any atom is 0.360 e. The Morgan fingerprint density at radius 1 is 1.24 bits per heavy atom. The molecule has 2 rings (SSSR count). The van der Waals surface area contributed by atoms with Crippen LogP contribution >= 0.6 is 0 Å². The zero-order valence-corrected chi connectivity index (χ0v) is 12.2. The molecule has 0 saturated carbocycles. The lowest BCUT2D eigenvalue weighted by atomic mass is 10.3. The van der Waals surface area contributed by atoms with Gasteiger partial charge in [0.15, 0.2) is 5.69 Å². The third-order valence-corrected chi connectivity index (χ3v) is 2.93. The first-order valence-electron chi connectivity index (χ1n) is 6.58. The smallest absolute Gasteiger partial charge is 0.360 e. The molecule has 8 nitrogen and oxygen atoms in total. The summed E-state index contributed by atoms with van der Waals surface area (Å²) in [5.74, 6) is -0.947. The number of aromatic nitrogens is 4. The van der Waals surface area contributed by atoms with Gasteiger partial charge >= 0.3 is 5.97 Å². The second-order valence-corrected chi connectivity index (χ2v) is 4.28. The number of hydrogen-bond donors (Lipinski definition) is 1. The number of aryl methyl sites for hydroxylation is 2. The standard InChI is InChI=1S/C13H17N5O3/c1-4-17-7-9(6-14-17)12(19)15-10-8-18(5-2)16-11(10)13(20)21-3/h6-8H,4-5H2,1-3H3,(H,15,19). The molecule has 0 aromatic carbocycles. The average Bonchev–Trinajstić information content (AvgIpc) is 3.12. The minimum atomic E-state index is -0.596. The van der Waals surface area contributed by atoms with Gasteiger partial charge in [0.25, 0.3) is 5.91 Å². The molecule has 0 spiro atoms. The average molecular weight is 291 g/mol. The van der Waals surface area contributed by atoms with Crippen LogP contribution in [0.15, 0.2) is 18.6 Å². The fourth-order valence-corrected chi connectivity index (χ4v) is 1.77. The number of anilines is 1. The van der Waals surface area contributed by atoms with Crippen LogP contribution in [0, 0.1) is 0 Å². The molecule has 0 fully saturated rings. The number of ether oxygens (including phenoxy) is 1. The Labute approximate surface area is 121 Å². The summed E-state index contributed by atoms with van der Waals surface area (Å²) in [6.07, 6.45) is 4.70. The van der Waals surface area contributed by atoms with Crippen LogP contribution in [0.3, 0.4) is 0 Å². The van der Waals surface area contributed by atoms with Crippen LogP contribution in [0.25, 0.3) is 0 Å². The van der Waals surface area contributed by atoms with Crippen LogP contribution in [-0.4, -0.2) is 38.5 Å². The number of rotatable bonds is 5. The van der Waals surface area contributed by atoms with E-state index >= 15 is 0 Å². The fourth-order valence-electron chi connectivity index (χ4n) is 1.77. The minimum Gasteiger partial charge on any atom is -0.464 e. The molecule has 0 aliphatic carbocycles. The van der Waals surface area contributed by atoms with Gasteiger partial charge in [-0.1, -0.05) is 0 Å². The molecular weight excluding hydrogens is 274 g/mol. The van der Waals surface area contributed by atoms with Crippen molar-refractivity contribution >= 4 is 17.6 Å². The molecular formula is C13H17N5O3. The van der Waals surface area contributed by atoms with Crippen molar-refractivity contribution in [1.82, 2.24) is 19.6 Å². The highest BCUT2D eigenvalue weighted by molar-refractivity contribution is 6.07. The number of hydrogen-bond acceptors (Lipinski definition) is 5.